The number of benzene rings is 2. The summed E-state index contributed by atoms with van der Waals surface area (Å²) in [5.74, 6) is 0.539. The molecule has 4 nitrogen and oxygen atoms in total. The molecule has 2 aromatic carbocycles. The van der Waals surface area contributed by atoms with E-state index in [-0.39, 0.29) is 11.6 Å². The van der Waals surface area contributed by atoms with Gasteiger partial charge in [-0.05, 0) is 55.0 Å². The predicted octanol–water partition coefficient (Wildman–Crippen LogP) is 4.78. The summed E-state index contributed by atoms with van der Waals surface area (Å²) in [4.78, 5) is 11.8. The molecule has 0 aliphatic carbocycles. The molecule has 1 aromatic heterocycles. The fraction of sp³-hybridized carbons (Fsp3) is 0.200. The van der Waals surface area contributed by atoms with Crippen molar-refractivity contribution in [1.82, 2.24) is 10.2 Å². The lowest BCUT2D eigenvalue weighted by atomic mass is 10.1. The van der Waals surface area contributed by atoms with Gasteiger partial charge >= 0.3 is 0 Å². The standard InChI is InChI=1S/C20H19FN2O2/c1-2-3-19(24)14-6-10-18(11-7-14)25-13-16-12-22-23-20(16)15-4-8-17(21)9-5-15/h4-12H,2-3,13H2,1H3,(H,22,23). The van der Waals surface area contributed by atoms with E-state index in [2.05, 4.69) is 10.2 Å². The van der Waals surface area contributed by atoms with Gasteiger partial charge in [-0.2, -0.15) is 5.10 Å². The quantitative estimate of drug-likeness (QED) is 0.631. The Morgan fingerprint density at radius 2 is 1.84 bits per heavy atom. The molecule has 3 aromatic rings. The van der Waals surface area contributed by atoms with Crippen LogP contribution in [-0.4, -0.2) is 16.0 Å². The maximum absolute atomic E-state index is 13.1. The van der Waals surface area contributed by atoms with Crippen LogP contribution < -0.4 is 4.74 Å². The van der Waals surface area contributed by atoms with Crippen LogP contribution in [0.3, 0.4) is 0 Å². The fourth-order valence-electron chi connectivity index (χ4n) is 2.55. The van der Waals surface area contributed by atoms with Gasteiger partial charge in [0.25, 0.3) is 0 Å². The summed E-state index contributed by atoms with van der Waals surface area (Å²) in [6.45, 7) is 2.31. The fourth-order valence-corrected chi connectivity index (χ4v) is 2.55. The number of hydrogen-bond donors (Lipinski definition) is 1. The van der Waals surface area contributed by atoms with E-state index >= 15 is 0 Å². The molecule has 0 bridgehead atoms. The number of aromatic amines is 1. The Labute approximate surface area is 145 Å². The summed E-state index contributed by atoms with van der Waals surface area (Å²) >= 11 is 0. The van der Waals surface area contributed by atoms with Gasteiger partial charge in [-0.3, -0.25) is 9.89 Å². The predicted molar refractivity (Wildman–Crippen MR) is 94.0 cm³/mol. The molecule has 0 saturated heterocycles. The van der Waals surface area contributed by atoms with Gasteiger partial charge in [-0.1, -0.05) is 6.92 Å². The zero-order chi connectivity index (χ0) is 17.6. The van der Waals surface area contributed by atoms with Gasteiger partial charge in [-0.25, -0.2) is 4.39 Å². The van der Waals surface area contributed by atoms with Crippen LogP contribution in [0.5, 0.6) is 5.75 Å². The van der Waals surface area contributed by atoms with Crippen LogP contribution in [-0.2, 0) is 6.61 Å². The Bertz CT molecular complexity index is 839. The lowest BCUT2D eigenvalue weighted by Gasteiger charge is -2.07. The zero-order valence-electron chi connectivity index (χ0n) is 14.0. The topological polar surface area (TPSA) is 55.0 Å². The van der Waals surface area contributed by atoms with Crippen molar-refractivity contribution >= 4 is 5.78 Å². The molecule has 1 heterocycles. The smallest absolute Gasteiger partial charge is 0.162 e. The molecular formula is C20H19FN2O2. The number of aromatic nitrogens is 2. The number of nitrogens with zero attached hydrogens (tertiary/aromatic N) is 1. The lowest BCUT2D eigenvalue weighted by Crippen LogP contribution is -1.99. The van der Waals surface area contributed by atoms with E-state index < -0.39 is 0 Å². The zero-order valence-corrected chi connectivity index (χ0v) is 14.0. The van der Waals surface area contributed by atoms with E-state index in [4.69, 9.17) is 4.74 Å². The molecule has 1 N–H and O–H groups in total. The maximum atomic E-state index is 13.1. The highest BCUT2D eigenvalue weighted by Gasteiger charge is 2.10. The van der Waals surface area contributed by atoms with Gasteiger partial charge in [0.15, 0.2) is 5.78 Å². The molecule has 0 unspecified atom stereocenters. The second-order valence-corrected chi connectivity index (χ2v) is 5.75. The highest BCUT2D eigenvalue weighted by molar-refractivity contribution is 5.96. The average Bonchev–Trinajstić information content (AvgIpc) is 3.10. The van der Waals surface area contributed by atoms with Crippen molar-refractivity contribution in [2.24, 2.45) is 0 Å². The molecule has 5 heteroatoms. The second-order valence-electron chi connectivity index (χ2n) is 5.75. The summed E-state index contributed by atoms with van der Waals surface area (Å²) in [5, 5.41) is 7.03. The minimum atomic E-state index is -0.283. The number of ether oxygens (including phenoxy) is 1. The first-order valence-corrected chi connectivity index (χ1v) is 8.22. The van der Waals surface area contributed by atoms with E-state index in [1.807, 2.05) is 6.92 Å². The van der Waals surface area contributed by atoms with Crippen LogP contribution in [0, 0.1) is 5.82 Å². The highest BCUT2D eigenvalue weighted by atomic mass is 19.1. The summed E-state index contributed by atoms with van der Waals surface area (Å²) < 4.78 is 18.8. The summed E-state index contributed by atoms with van der Waals surface area (Å²) in [6, 6.07) is 13.3. The van der Waals surface area contributed by atoms with Gasteiger partial charge < -0.3 is 4.74 Å². The Balaban J connectivity index is 1.67. The average molecular weight is 338 g/mol. The van der Waals surface area contributed by atoms with E-state index in [9.17, 15) is 9.18 Å². The van der Waals surface area contributed by atoms with Crippen LogP contribution in [0.25, 0.3) is 11.3 Å². The number of carbonyl (C=O) groups excluding carboxylic acids is 1. The highest BCUT2D eigenvalue weighted by Crippen LogP contribution is 2.23. The van der Waals surface area contributed by atoms with Gasteiger partial charge in [0, 0.05) is 29.3 Å². The number of nitrogens with one attached hydrogen (secondary N) is 1. The molecule has 25 heavy (non-hydrogen) atoms. The molecular weight excluding hydrogens is 319 g/mol. The minimum Gasteiger partial charge on any atom is -0.489 e. The van der Waals surface area contributed by atoms with Crippen LogP contribution in [0.1, 0.15) is 35.7 Å². The first-order valence-electron chi connectivity index (χ1n) is 8.22. The monoisotopic (exact) mass is 338 g/mol. The van der Waals surface area contributed by atoms with Gasteiger partial charge in [0.1, 0.15) is 18.2 Å². The molecule has 0 radical (unpaired) electrons. The Hall–Kier alpha value is -2.95. The van der Waals surface area contributed by atoms with E-state index in [1.54, 1.807) is 42.6 Å². The van der Waals surface area contributed by atoms with Gasteiger partial charge in [0.2, 0.25) is 0 Å². The number of ketones is 1. The van der Waals surface area contributed by atoms with Crippen molar-refractivity contribution in [1.29, 1.82) is 0 Å². The minimum absolute atomic E-state index is 0.141. The van der Waals surface area contributed by atoms with E-state index in [1.165, 1.54) is 12.1 Å². The second kappa shape index (κ2) is 7.75. The Morgan fingerprint density at radius 3 is 2.52 bits per heavy atom. The number of carbonyl (C=O) groups is 1. The van der Waals surface area contributed by atoms with Crippen molar-refractivity contribution in [2.75, 3.05) is 0 Å². The number of halogens is 1. The first-order chi connectivity index (χ1) is 12.2. The van der Waals surface area contributed by atoms with Crippen LogP contribution >= 0.6 is 0 Å². The number of Topliss-reactive ketones (excluding diaryl/α,β-unsaturated/α-hetero) is 1. The van der Waals surface area contributed by atoms with Crippen molar-refractivity contribution in [2.45, 2.75) is 26.4 Å². The van der Waals surface area contributed by atoms with Gasteiger partial charge in [-0.15, -0.1) is 0 Å². The SMILES string of the molecule is CCCC(=O)c1ccc(OCc2c[nH]nc2-c2ccc(F)cc2)cc1. The van der Waals surface area contributed by atoms with E-state index in [0.29, 0.717) is 24.3 Å². The van der Waals surface area contributed by atoms with Crippen molar-refractivity contribution in [3.8, 4) is 17.0 Å². The molecule has 128 valence electrons. The van der Waals surface area contributed by atoms with Crippen molar-refractivity contribution in [3.63, 3.8) is 0 Å². The van der Waals surface area contributed by atoms with E-state index in [0.717, 1.165) is 23.2 Å². The number of H-pyrrole nitrogens is 1. The molecule has 0 amide bonds. The maximum Gasteiger partial charge on any atom is 0.162 e. The molecule has 0 fully saturated rings. The molecule has 0 saturated carbocycles. The van der Waals surface area contributed by atoms with Gasteiger partial charge in [0.05, 0.1) is 5.69 Å². The summed E-state index contributed by atoms with van der Waals surface area (Å²) in [6.07, 6.45) is 3.15. The lowest BCUT2D eigenvalue weighted by molar-refractivity contribution is 0.0981. The third kappa shape index (κ3) is 4.12. The first kappa shape index (κ1) is 16.9. The third-order valence-electron chi connectivity index (χ3n) is 3.88. The molecule has 0 spiro atoms. The summed E-state index contributed by atoms with van der Waals surface area (Å²) in [7, 11) is 0. The van der Waals surface area contributed by atoms with Crippen molar-refractivity contribution in [3.05, 3.63) is 71.7 Å². The normalized spacial score (nSPS) is 10.6. The van der Waals surface area contributed by atoms with Crippen LogP contribution in [0.15, 0.2) is 54.7 Å². The molecule has 0 atom stereocenters. The molecule has 0 aliphatic heterocycles. The van der Waals surface area contributed by atoms with Crippen LogP contribution in [0.2, 0.25) is 0 Å². The third-order valence-corrected chi connectivity index (χ3v) is 3.88. The molecule has 3 rings (SSSR count). The number of hydrogen-bond acceptors (Lipinski definition) is 3. The largest absolute Gasteiger partial charge is 0.489 e. The summed E-state index contributed by atoms with van der Waals surface area (Å²) in [5.41, 5.74) is 3.12. The number of rotatable bonds is 7. The Kier molecular flexibility index (Phi) is 5.23. The Morgan fingerprint density at radius 1 is 1.12 bits per heavy atom. The van der Waals surface area contributed by atoms with Crippen molar-refractivity contribution < 1.29 is 13.9 Å². The van der Waals surface area contributed by atoms with Crippen LogP contribution in [0.4, 0.5) is 4.39 Å². The molecule has 0 aliphatic rings.